The number of carbonyl (C=O) groups excluding carboxylic acids is 2. The lowest BCUT2D eigenvalue weighted by Gasteiger charge is -2.34. The Hall–Kier alpha value is -1.97. The lowest BCUT2D eigenvalue weighted by molar-refractivity contribution is -0.122. The first-order valence-electron chi connectivity index (χ1n) is 10.6. The number of carbonyl (C=O) groups is 2. The van der Waals surface area contributed by atoms with E-state index in [-0.39, 0.29) is 11.8 Å². The number of piperazine rings is 1. The Morgan fingerprint density at radius 1 is 1.24 bits per heavy atom. The molecule has 0 bridgehead atoms. The highest BCUT2D eigenvalue weighted by molar-refractivity contribution is 5.94. The van der Waals surface area contributed by atoms with Crippen molar-refractivity contribution in [2.75, 3.05) is 59.6 Å². The molecule has 0 spiro atoms. The van der Waals surface area contributed by atoms with E-state index in [1.54, 1.807) is 7.11 Å². The summed E-state index contributed by atoms with van der Waals surface area (Å²) in [5, 5.41) is 7.55. The van der Waals surface area contributed by atoms with Crippen LogP contribution in [0.1, 0.15) is 34.6 Å². The molecule has 1 aliphatic carbocycles. The summed E-state index contributed by atoms with van der Waals surface area (Å²) < 4.78 is 12.6. The van der Waals surface area contributed by atoms with Gasteiger partial charge in [0.25, 0.3) is 5.91 Å². The minimum Gasteiger partial charge on any atom is -0.383 e. The van der Waals surface area contributed by atoms with Crippen molar-refractivity contribution in [3.05, 3.63) is 17.0 Å². The van der Waals surface area contributed by atoms with Gasteiger partial charge in [-0.05, 0) is 18.8 Å². The van der Waals surface area contributed by atoms with Gasteiger partial charge in [-0.2, -0.15) is 5.10 Å². The van der Waals surface area contributed by atoms with Crippen LogP contribution < -0.4 is 5.32 Å². The summed E-state index contributed by atoms with van der Waals surface area (Å²) in [7, 11) is 1.61. The predicted octanol–water partition coefficient (Wildman–Crippen LogP) is -0.114. The summed E-state index contributed by atoms with van der Waals surface area (Å²) in [5.74, 6) is 0.695. The monoisotopic (exact) mass is 405 g/mol. The average Bonchev–Trinajstić information content (AvgIpc) is 3.48. The third-order valence-electron chi connectivity index (χ3n) is 5.88. The fraction of sp³-hybridized carbons (Fsp3) is 0.750. The number of fused-ring (bicyclic) bond motifs is 1. The van der Waals surface area contributed by atoms with E-state index in [1.165, 1.54) is 18.5 Å². The maximum Gasteiger partial charge on any atom is 0.274 e. The molecule has 1 aromatic rings. The number of hydrogen-bond donors (Lipinski definition) is 1. The molecule has 2 aliphatic heterocycles. The van der Waals surface area contributed by atoms with Crippen LogP contribution in [-0.2, 0) is 33.8 Å². The summed E-state index contributed by atoms with van der Waals surface area (Å²) >= 11 is 0. The van der Waals surface area contributed by atoms with Crippen molar-refractivity contribution in [3.63, 3.8) is 0 Å². The third kappa shape index (κ3) is 4.96. The van der Waals surface area contributed by atoms with Crippen LogP contribution in [-0.4, -0.2) is 91.0 Å². The fourth-order valence-electron chi connectivity index (χ4n) is 3.99. The smallest absolute Gasteiger partial charge is 0.274 e. The van der Waals surface area contributed by atoms with E-state index in [9.17, 15) is 9.59 Å². The van der Waals surface area contributed by atoms with Crippen LogP contribution >= 0.6 is 0 Å². The number of hydrogen-bond acceptors (Lipinski definition) is 6. The maximum absolute atomic E-state index is 13.2. The molecule has 1 saturated heterocycles. The number of rotatable bonds is 8. The normalized spacial score (nSPS) is 19.8. The Kier molecular flexibility index (Phi) is 6.46. The molecule has 0 atom stereocenters. The second-order valence-corrected chi connectivity index (χ2v) is 8.11. The van der Waals surface area contributed by atoms with Gasteiger partial charge in [0.15, 0.2) is 5.69 Å². The molecule has 160 valence electrons. The van der Waals surface area contributed by atoms with Gasteiger partial charge in [-0.3, -0.25) is 19.2 Å². The van der Waals surface area contributed by atoms with Gasteiger partial charge in [-0.15, -0.1) is 0 Å². The van der Waals surface area contributed by atoms with Crippen LogP contribution in [0.2, 0.25) is 0 Å². The Morgan fingerprint density at radius 2 is 2.03 bits per heavy atom. The third-order valence-corrected chi connectivity index (χ3v) is 5.88. The first-order valence-corrected chi connectivity index (χ1v) is 10.6. The minimum absolute atomic E-state index is 0.00753. The van der Waals surface area contributed by atoms with Gasteiger partial charge in [0.05, 0.1) is 26.4 Å². The lowest BCUT2D eigenvalue weighted by Crippen LogP contribution is -2.51. The summed E-state index contributed by atoms with van der Waals surface area (Å²) in [6.07, 6.45) is 3.35. The van der Waals surface area contributed by atoms with Gasteiger partial charge < -0.3 is 19.7 Å². The van der Waals surface area contributed by atoms with Crippen molar-refractivity contribution in [3.8, 4) is 0 Å². The quantitative estimate of drug-likeness (QED) is 0.607. The second kappa shape index (κ2) is 9.23. The maximum atomic E-state index is 13.2. The molecule has 0 aromatic carbocycles. The van der Waals surface area contributed by atoms with Gasteiger partial charge >= 0.3 is 0 Å². The van der Waals surface area contributed by atoms with E-state index in [0.29, 0.717) is 70.7 Å². The zero-order valence-electron chi connectivity index (χ0n) is 17.2. The number of nitrogens with one attached hydrogen (secondary N) is 1. The van der Waals surface area contributed by atoms with Crippen molar-refractivity contribution in [2.45, 2.75) is 32.4 Å². The van der Waals surface area contributed by atoms with Crippen molar-refractivity contribution in [1.29, 1.82) is 0 Å². The molecule has 29 heavy (non-hydrogen) atoms. The minimum atomic E-state index is -0.00880. The van der Waals surface area contributed by atoms with Crippen LogP contribution in [0, 0.1) is 5.92 Å². The zero-order valence-corrected chi connectivity index (χ0v) is 17.2. The van der Waals surface area contributed by atoms with Crippen LogP contribution in [0.25, 0.3) is 0 Å². The van der Waals surface area contributed by atoms with E-state index >= 15 is 0 Å². The second-order valence-electron chi connectivity index (χ2n) is 8.11. The van der Waals surface area contributed by atoms with Crippen molar-refractivity contribution >= 4 is 11.8 Å². The molecular formula is C20H31N5O4. The highest BCUT2D eigenvalue weighted by Crippen LogP contribution is 2.32. The van der Waals surface area contributed by atoms with Crippen molar-refractivity contribution in [1.82, 2.24) is 24.9 Å². The first kappa shape index (κ1) is 20.3. The Bertz CT molecular complexity index is 737. The first-order chi connectivity index (χ1) is 14.2. The van der Waals surface area contributed by atoms with Crippen LogP contribution in [0.3, 0.4) is 0 Å². The summed E-state index contributed by atoms with van der Waals surface area (Å²) in [6.45, 7) is 6.05. The molecule has 3 heterocycles. The molecule has 4 rings (SSSR count). The fourth-order valence-corrected chi connectivity index (χ4v) is 3.99. The zero-order chi connectivity index (χ0) is 20.2. The molecule has 0 unspecified atom stereocenters. The molecule has 0 radical (unpaired) electrons. The van der Waals surface area contributed by atoms with Gasteiger partial charge in [-0.25, -0.2) is 0 Å². The number of nitrogens with zero attached hydrogens (tertiary/aromatic N) is 4. The van der Waals surface area contributed by atoms with E-state index in [1.807, 2.05) is 4.90 Å². The van der Waals surface area contributed by atoms with E-state index in [0.717, 1.165) is 18.5 Å². The summed E-state index contributed by atoms with van der Waals surface area (Å²) in [5.41, 5.74) is 2.71. The molecule has 9 heteroatoms. The van der Waals surface area contributed by atoms with Gasteiger partial charge in [0, 0.05) is 64.1 Å². The Morgan fingerprint density at radius 3 is 2.76 bits per heavy atom. The lowest BCUT2D eigenvalue weighted by atomic mass is 10.1. The van der Waals surface area contributed by atoms with E-state index < -0.39 is 0 Å². The molecule has 3 aliphatic rings. The molecule has 1 aromatic heterocycles. The standard InChI is InChI=1S/C20H31N5O4/c1-28-11-5-21-18(26)13-23-6-8-24(9-7-23)20(27)19-16-14-29-10-4-17(16)25(22-19)12-15-2-3-15/h15H,2-14H2,1H3,(H,21,26). The molecule has 1 N–H and O–H groups in total. The van der Waals surface area contributed by atoms with Crippen molar-refractivity contribution in [2.24, 2.45) is 5.92 Å². The summed E-state index contributed by atoms with van der Waals surface area (Å²) in [4.78, 5) is 29.1. The highest BCUT2D eigenvalue weighted by Gasteiger charge is 2.32. The molecule has 1 saturated carbocycles. The summed E-state index contributed by atoms with van der Waals surface area (Å²) in [6, 6.07) is 0. The number of ether oxygens (including phenoxy) is 2. The highest BCUT2D eigenvalue weighted by atomic mass is 16.5. The van der Waals surface area contributed by atoms with E-state index in [2.05, 4.69) is 14.9 Å². The topological polar surface area (TPSA) is 88.9 Å². The number of methoxy groups -OCH3 is 1. The van der Waals surface area contributed by atoms with Crippen LogP contribution in [0.4, 0.5) is 0 Å². The van der Waals surface area contributed by atoms with Crippen LogP contribution in [0.15, 0.2) is 0 Å². The Labute approximate surface area is 171 Å². The number of aromatic nitrogens is 2. The Balaban J connectivity index is 1.34. The van der Waals surface area contributed by atoms with Crippen molar-refractivity contribution < 1.29 is 19.1 Å². The van der Waals surface area contributed by atoms with Gasteiger partial charge in [0.1, 0.15) is 0 Å². The average molecular weight is 405 g/mol. The van der Waals surface area contributed by atoms with Gasteiger partial charge in [0.2, 0.25) is 5.91 Å². The molecular weight excluding hydrogens is 374 g/mol. The van der Waals surface area contributed by atoms with E-state index in [4.69, 9.17) is 14.6 Å². The van der Waals surface area contributed by atoms with Crippen LogP contribution in [0.5, 0.6) is 0 Å². The predicted molar refractivity (Wildman–Crippen MR) is 106 cm³/mol. The van der Waals surface area contributed by atoms with Gasteiger partial charge in [-0.1, -0.05) is 0 Å². The molecule has 2 amide bonds. The SMILES string of the molecule is COCCNC(=O)CN1CCN(C(=O)c2nn(CC3CC3)c3c2COCC3)CC1. The molecule has 2 fully saturated rings. The molecule has 9 nitrogen and oxygen atoms in total. The largest absolute Gasteiger partial charge is 0.383 e. The number of amides is 2.